The summed E-state index contributed by atoms with van der Waals surface area (Å²) >= 11 is 9.00. The van der Waals surface area contributed by atoms with E-state index in [0.29, 0.717) is 32.9 Å². The first-order valence-electron chi connectivity index (χ1n) is 11.2. The Bertz CT molecular complexity index is 1390. The van der Waals surface area contributed by atoms with Crippen LogP contribution < -0.4 is 20.1 Å². The van der Waals surface area contributed by atoms with Gasteiger partial charge in [0.25, 0.3) is 5.91 Å². The molecule has 2 N–H and O–H groups in total. The van der Waals surface area contributed by atoms with Crippen molar-refractivity contribution in [2.24, 2.45) is 0 Å². The molecule has 0 saturated heterocycles. The molecule has 1 unspecified atom stereocenters. The van der Waals surface area contributed by atoms with Crippen LogP contribution in [-0.2, 0) is 4.79 Å². The number of methoxy groups -OCH3 is 2. The van der Waals surface area contributed by atoms with E-state index in [1.807, 2.05) is 42.6 Å². The summed E-state index contributed by atoms with van der Waals surface area (Å²) in [5.41, 5.74) is 2.46. The summed E-state index contributed by atoms with van der Waals surface area (Å²) < 4.78 is 10.6. The summed E-state index contributed by atoms with van der Waals surface area (Å²) in [6.07, 6.45) is 0. The van der Waals surface area contributed by atoms with E-state index in [1.165, 1.54) is 37.3 Å². The van der Waals surface area contributed by atoms with E-state index in [0.717, 1.165) is 16.2 Å². The minimum atomic E-state index is -0.369. The lowest BCUT2D eigenvalue weighted by atomic mass is 10.1. The first kappa shape index (κ1) is 26.5. The van der Waals surface area contributed by atoms with Gasteiger partial charge in [-0.3, -0.25) is 9.59 Å². The van der Waals surface area contributed by atoms with Gasteiger partial charge in [-0.2, -0.15) is 0 Å². The summed E-state index contributed by atoms with van der Waals surface area (Å²) in [6, 6.07) is 19.9. The SMILES string of the molecule is COc1cccc(OC)c1C(=O)Nc1ccc(SC(C)C(=O)Nc2nc(-c3ccccc3Cl)cs2)cc1. The fraction of sp³-hybridized carbons (Fsp3) is 0.148. The van der Waals surface area contributed by atoms with E-state index >= 15 is 0 Å². The van der Waals surface area contributed by atoms with Crippen molar-refractivity contribution in [3.8, 4) is 22.8 Å². The number of carbonyl (C=O) groups excluding carboxylic acids is 2. The average Bonchev–Trinajstić information content (AvgIpc) is 3.37. The van der Waals surface area contributed by atoms with Crippen molar-refractivity contribution >= 4 is 57.3 Å². The van der Waals surface area contributed by atoms with E-state index in [4.69, 9.17) is 21.1 Å². The third-order valence-corrected chi connectivity index (χ3v) is 7.53. The fourth-order valence-corrected chi connectivity index (χ4v) is 5.29. The molecule has 10 heteroatoms. The maximum atomic E-state index is 12.9. The molecule has 37 heavy (non-hydrogen) atoms. The smallest absolute Gasteiger partial charge is 0.263 e. The van der Waals surface area contributed by atoms with Crippen molar-refractivity contribution in [2.75, 3.05) is 24.9 Å². The van der Waals surface area contributed by atoms with Gasteiger partial charge in [-0.1, -0.05) is 35.9 Å². The van der Waals surface area contributed by atoms with Crippen molar-refractivity contribution in [3.63, 3.8) is 0 Å². The molecule has 0 spiro atoms. The minimum absolute atomic E-state index is 0.161. The highest BCUT2D eigenvalue weighted by atomic mass is 35.5. The van der Waals surface area contributed by atoms with Gasteiger partial charge in [0.15, 0.2) is 5.13 Å². The maximum absolute atomic E-state index is 12.9. The normalized spacial score (nSPS) is 11.5. The highest BCUT2D eigenvalue weighted by Crippen LogP contribution is 2.32. The molecule has 7 nitrogen and oxygen atoms in total. The molecule has 4 rings (SSSR count). The number of benzene rings is 3. The van der Waals surface area contributed by atoms with E-state index in [2.05, 4.69) is 15.6 Å². The van der Waals surface area contributed by atoms with Gasteiger partial charge in [0.05, 0.1) is 25.2 Å². The molecule has 1 atom stereocenters. The molecule has 2 amide bonds. The second-order valence-electron chi connectivity index (χ2n) is 7.78. The summed E-state index contributed by atoms with van der Waals surface area (Å²) in [4.78, 5) is 31.0. The van der Waals surface area contributed by atoms with Gasteiger partial charge in [-0.25, -0.2) is 4.98 Å². The number of nitrogens with zero attached hydrogens (tertiary/aromatic N) is 1. The number of hydrogen-bond donors (Lipinski definition) is 2. The molecule has 0 bridgehead atoms. The quantitative estimate of drug-likeness (QED) is 0.220. The number of hydrogen-bond acceptors (Lipinski definition) is 7. The average molecular weight is 554 g/mol. The molecule has 0 saturated carbocycles. The lowest BCUT2D eigenvalue weighted by Gasteiger charge is -2.14. The summed E-state index contributed by atoms with van der Waals surface area (Å²) in [7, 11) is 3.00. The van der Waals surface area contributed by atoms with Gasteiger partial charge in [0.2, 0.25) is 5.91 Å². The zero-order valence-corrected chi connectivity index (χ0v) is 22.7. The van der Waals surface area contributed by atoms with Crippen LogP contribution in [0.2, 0.25) is 5.02 Å². The third-order valence-electron chi connectivity index (χ3n) is 5.33. The first-order chi connectivity index (χ1) is 17.9. The molecule has 190 valence electrons. The summed E-state index contributed by atoms with van der Waals surface area (Å²) in [5.74, 6) is 0.332. The largest absolute Gasteiger partial charge is 0.496 e. The van der Waals surface area contributed by atoms with Crippen molar-refractivity contribution < 1.29 is 19.1 Å². The Morgan fingerprint density at radius 1 is 0.946 bits per heavy atom. The summed E-state index contributed by atoms with van der Waals surface area (Å²) in [5, 5.41) is 8.35. The Balaban J connectivity index is 1.36. The molecule has 0 aliphatic rings. The third kappa shape index (κ3) is 6.43. The van der Waals surface area contributed by atoms with E-state index < -0.39 is 0 Å². The molecular formula is C27H24ClN3O4S2. The van der Waals surface area contributed by atoms with Crippen molar-refractivity contribution in [1.82, 2.24) is 4.98 Å². The number of thiazole rings is 1. The van der Waals surface area contributed by atoms with E-state index in [9.17, 15) is 9.59 Å². The highest BCUT2D eigenvalue weighted by molar-refractivity contribution is 8.00. The Morgan fingerprint density at radius 2 is 1.62 bits per heavy atom. The Kier molecular flexibility index (Phi) is 8.70. The Morgan fingerprint density at radius 3 is 2.27 bits per heavy atom. The second kappa shape index (κ2) is 12.1. The van der Waals surface area contributed by atoms with Gasteiger partial charge in [0.1, 0.15) is 17.1 Å². The number of amides is 2. The molecule has 0 aliphatic heterocycles. The molecule has 4 aromatic rings. The molecule has 1 heterocycles. The molecule has 0 fully saturated rings. The van der Waals surface area contributed by atoms with Crippen LogP contribution in [0.5, 0.6) is 11.5 Å². The standard InChI is InChI=1S/C27H24ClN3O4S2/c1-16(25(32)31-27-30-21(15-36-27)19-7-4-5-8-20(19)28)37-18-13-11-17(12-14-18)29-26(33)24-22(34-2)9-6-10-23(24)35-3/h4-16H,1-3H3,(H,29,33)(H,30,31,32). The Labute approximate surface area is 228 Å². The van der Waals surface area contributed by atoms with Gasteiger partial charge < -0.3 is 20.1 Å². The molecule has 3 aromatic carbocycles. The zero-order chi connectivity index (χ0) is 26.4. The van der Waals surface area contributed by atoms with Crippen LogP contribution in [0.4, 0.5) is 10.8 Å². The van der Waals surface area contributed by atoms with Crippen LogP contribution in [0.1, 0.15) is 17.3 Å². The number of aromatic nitrogens is 1. The molecule has 1 aromatic heterocycles. The number of rotatable bonds is 9. The van der Waals surface area contributed by atoms with Gasteiger partial charge in [-0.05, 0) is 49.4 Å². The van der Waals surface area contributed by atoms with Gasteiger partial charge in [0, 0.05) is 26.5 Å². The number of ether oxygens (including phenoxy) is 2. The lowest BCUT2D eigenvalue weighted by molar-refractivity contribution is -0.115. The predicted molar refractivity (Wildman–Crippen MR) is 150 cm³/mol. The molecule has 0 radical (unpaired) electrons. The van der Waals surface area contributed by atoms with Crippen molar-refractivity contribution in [1.29, 1.82) is 0 Å². The van der Waals surface area contributed by atoms with Crippen molar-refractivity contribution in [3.05, 3.63) is 82.7 Å². The maximum Gasteiger partial charge on any atom is 0.263 e. The zero-order valence-electron chi connectivity index (χ0n) is 20.3. The van der Waals surface area contributed by atoms with Crippen LogP contribution in [-0.4, -0.2) is 36.3 Å². The second-order valence-corrected chi connectivity index (χ2v) is 10.5. The van der Waals surface area contributed by atoms with Crippen LogP contribution in [0, 0.1) is 0 Å². The van der Waals surface area contributed by atoms with Crippen LogP contribution >= 0.6 is 34.7 Å². The van der Waals surface area contributed by atoms with E-state index in [1.54, 1.807) is 36.4 Å². The highest BCUT2D eigenvalue weighted by Gasteiger charge is 2.19. The summed E-state index contributed by atoms with van der Waals surface area (Å²) in [6.45, 7) is 1.83. The van der Waals surface area contributed by atoms with Gasteiger partial charge >= 0.3 is 0 Å². The monoisotopic (exact) mass is 553 g/mol. The topological polar surface area (TPSA) is 89.5 Å². The van der Waals surface area contributed by atoms with Crippen LogP contribution in [0.25, 0.3) is 11.3 Å². The number of halogens is 1. The van der Waals surface area contributed by atoms with Crippen molar-refractivity contribution in [2.45, 2.75) is 17.1 Å². The van der Waals surface area contributed by atoms with Gasteiger partial charge in [-0.15, -0.1) is 23.1 Å². The Hall–Kier alpha value is -3.53. The fourth-order valence-electron chi connectivity index (χ4n) is 3.47. The van der Waals surface area contributed by atoms with Crippen LogP contribution in [0.15, 0.2) is 77.0 Å². The number of anilines is 2. The molecular weight excluding hydrogens is 530 g/mol. The van der Waals surface area contributed by atoms with Crippen LogP contribution in [0.3, 0.4) is 0 Å². The number of carbonyl (C=O) groups is 2. The lowest BCUT2D eigenvalue weighted by Crippen LogP contribution is -2.22. The van der Waals surface area contributed by atoms with E-state index in [-0.39, 0.29) is 17.1 Å². The molecule has 0 aliphatic carbocycles. The first-order valence-corrected chi connectivity index (χ1v) is 13.3. The number of thioether (sulfide) groups is 1. The minimum Gasteiger partial charge on any atom is -0.496 e. The predicted octanol–water partition coefficient (Wildman–Crippen LogP) is 6.85. The number of nitrogens with one attached hydrogen (secondary N) is 2.